The fourth-order valence-electron chi connectivity index (χ4n) is 3.83. The summed E-state index contributed by atoms with van der Waals surface area (Å²) in [6, 6.07) is 12.3. The second-order valence-corrected chi connectivity index (χ2v) is 8.39. The number of aromatic nitrogens is 1. The van der Waals surface area contributed by atoms with Crippen molar-refractivity contribution in [2.45, 2.75) is 6.54 Å². The van der Waals surface area contributed by atoms with Gasteiger partial charge in [0.05, 0.1) is 33.0 Å². The van der Waals surface area contributed by atoms with Gasteiger partial charge in [-0.1, -0.05) is 12.1 Å². The van der Waals surface area contributed by atoms with Crippen LogP contribution in [0.4, 0.5) is 17.2 Å². The maximum absolute atomic E-state index is 6.03. The molecule has 2 saturated heterocycles. The average Bonchev–Trinajstić information content (AvgIpc) is 2.85. The normalized spacial score (nSPS) is 17.5. The Morgan fingerprint density at radius 1 is 1.00 bits per heavy atom. The number of pyridine rings is 1. The van der Waals surface area contributed by atoms with E-state index in [-0.39, 0.29) is 0 Å². The zero-order valence-electron chi connectivity index (χ0n) is 19.7. The minimum absolute atomic E-state index is 0.498. The van der Waals surface area contributed by atoms with Gasteiger partial charge in [-0.15, -0.1) is 5.11 Å². The predicted molar refractivity (Wildman–Crippen MR) is 129 cm³/mol. The molecule has 0 spiro atoms. The van der Waals surface area contributed by atoms with E-state index >= 15 is 0 Å². The lowest BCUT2D eigenvalue weighted by Crippen LogP contribution is -2.38. The highest BCUT2D eigenvalue weighted by atomic mass is 16.5. The highest BCUT2D eigenvalue weighted by Crippen LogP contribution is 2.27. The van der Waals surface area contributed by atoms with E-state index in [1.165, 1.54) is 0 Å². The molecule has 0 atom stereocenters. The van der Waals surface area contributed by atoms with Crippen molar-refractivity contribution in [3.63, 3.8) is 0 Å². The smallest absolute Gasteiger partial charge is 0.217 e. The third-order valence-electron chi connectivity index (χ3n) is 5.76. The van der Waals surface area contributed by atoms with Crippen LogP contribution in [0.3, 0.4) is 0 Å². The number of hydrogen-bond acceptors (Lipinski definition) is 9. The van der Waals surface area contributed by atoms with Crippen molar-refractivity contribution in [2.75, 3.05) is 89.7 Å². The molecular weight excluding hydrogens is 420 g/mol. The van der Waals surface area contributed by atoms with E-state index in [1.54, 1.807) is 0 Å². The second-order valence-electron chi connectivity index (χ2n) is 8.39. The van der Waals surface area contributed by atoms with Gasteiger partial charge in [0.2, 0.25) is 5.88 Å². The van der Waals surface area contributed by atoms with Crippen LogP contribution in [0, 0.1) is 0 Å². The Morgan fingerprint density at radius 3 is 2.52 bits per heavy atom. The molecular formula is C24H34N6O3. The van der Waals surface area contributed by atoms with Crippen molar-refractivity contribution >= 4 is 17.2 Å². The molecule has 0 aliphatic carbocycles. The average molecular weight is 455 g/mol. The summed E-state index contributed by atoms with van der Waals surface area (Å²) in [5, 5.41) is 8.84. The molecule has 1 aromatic carbocycles. The maximum atomic E-state index is 6.03. The number of benzene rings is 1. The molecule has 0 unspecified atom stereocenters. The minimum Gasteiger partial charge on any atom is -0.476 e. The van der Waals surface area contributed by atoms with Gasteiger partial charge in [-0.05, 0) is 17.7 Å². The number of anilines is 2. The maximum Gasteiger partial charge on any atom is 0.217 e. The zero-order valence-corrected chi connectivity index (χ0v) is 19.7. The van der Waals surface area contributed by atoms with Crippen LogP contribution >= 0.6 is 0 Å². The number of hydrogen-bond donors (Lipinski definition) is 0. The Bertz CT molecular complexity index is 911. The van der Waals surface area contributed by atoms with Crippen LogP contribution in [0.5, 0.6) is 5.88 Å². The van der Waals surface area contributed by atoms with Crippen LogP contribution in [0.1, 0.15) is 5.56 Å². The molecule has 3 heterocycles. The van der Waals surface area contributed by atoms with Crippen LogP contribution in [0.2, 0.25) is 0 Å². The van der Waals surface area contributed by atoms with Crippen molar-refractivity contribution in [3.05, 3.63) is 42.0 Å². The number of azo groups is 1. The molecule has 9 nitrogen and oxygen atoms in total. The molecule has 2 aliphatic rings. The second kappa shape index (κ2) is 11.9. The molecule has 0 amide bonds. The van der Waals surface area contributed by atoms with E-state index in [1.807, 2.05) is 32.3 Å². The standard InChI is InChI=1S/C24H34N6O3/c1-28(2)21-5-3-4-20(16-21)19-25-27-23-17-22(30-9-13-32-14-10-30)18-24(26-23)33-15-8-29-6-11-31-12-7-29/h3-5,16-18H,6-15,19H2,1-2H3. The fourth-order valence-corrected chi connectivity index (χ4v) is 3.83. The highest BCUT2D eigenvalue weighted by Gasteiger charge is 2.15. The molecule has 2 aromatic rings. The lowest BCUT2D eigenvalue weighted by molar-refractivity contribution is 0.0320. The zero-order chi connectivity index (χ0) is 22.9. The van der Waals surface area contributed by atoms with Gasteiger partial charge in [-0.3, -0.25) is 4.90 Å². The van der Waals surface area contributed by atoms with Crippen molar-refractivity contribution < 1.29 is 14.2 Å². The minimum atomic E-state index is 0.498. The van der Waals surface area contributed by atoms with Gasteiger partial charge in [-0.2, -0.15) is 10.1 Å². The molecule has 4 rings (SSSR count). The Hall–Kier alpha value is -2.75. The predicted octanol–water partition coefficient (Wildman–Crippen LogP) is 2.98. The Kier molecular flexibility index (Phi) is 8.46. The summed E-state index contributed by atoms with van der Waals surface area (Å²) in [5.41, 5.74) is 3.29. The van der Waals surface area contributed by atoms with Crippen LogP contribution in [0.15, 0.2) is 46.6 Å². The van der Waals surface area contributed by atoms with Gasteiger partial charge in [0.1, 0.15) is 6.61 Å². The molecule has 0 saturated carbocycles. The first-order valence-electron chi connectivity index (χ1n) is 11.6. The third-order valence-corrected chi connectivity index (χ3v) is 5.76. The third kappa shape index (κ3) is 7.12. The fraction of sp³-hybridized carbons (Fsp3) is 0.542. The molecule has 1 aromatic heterocycles. The van der Waals surface area contributed by atoms with Gasteiger partial charge >= 0.3 is 0 Å². The van der Waals surface area contributed by atoms with Gasteiger partial charge < -0.3 is 24.0 Å². The Balaban J connectivity index is 1.43. The van der Waals surface area contributed by atoms with E-state index in [4.69, 9.17) is 14.2 Å². The number of nitrogens with zero attached hydrogens (tertiary/aromatic N) is 6. The van der Waals surface area contributed by atoms with E-state index in [9.17, 15) is 0 Å². The monoisotopic (exact) mass is 454 g/mol. The number of rotatable bonds is 9. The van der Waals surface area contributed by atoms with Crippen molar-refractivity contribution in [1.29, 1.82) is 0 Å². The van der Waals surface area contributed by atoms with E-state index in [0.29, 0.717) is 38.1 Å². The molecule has 0 N–H and O–H groups in total. The summed E-state index contributed by atoms with van der Waals surface area (Å²) in [6.45, 7) is 8.49. The molecule has 0 bridgehead atoms. The quantitative estimate of drug-likeness (QED) is 0.539. The summed E-state index contributed by atoms with van der Waals surface area (Å²) in [5.74, 6) is 1.14. The SMILES string of the molecule is CN(C)c1cccc(CN=Nc2cc(N3CCOCC3)cc(OCCN3CCOCC3)n2)c1. The molecule has 178 valence electrons. The Labute approximate surface area is 196 Å². The summed E-state index contributed by atoms with van der Waals surface area (Å²) >= 11 is 0. The highest BCUT2D eigenvalue weighted by molar-refractivity contribution is 5.55. The van der Waals surface area contributed by atoms with Crippen LogP contribution < -0.4 is 14.5 Å². The molecule has 9 heteroatoms. The lowest BCUT2D eigenvalue weighted by atomic mass is 10.2. The first-order valence-corrected chi connectivity index (χ1v) is 11.6. The number of morpholine rings is 2. The first kappa shape index (κ1) is 23.4. The van der Waals surface area contributed by atoms with E-state index in [0.717, 1.165) is 62.9 Å². The largest absolute Gasteiger partial charge is 0.476 e. The van der Waals surface area contributed by atoms with Gasteiger partial charge in [0.25, 0.3) is 0 Å². The van der Waals surface area contributed by atoms with E-state index < -0.39 is 0 Å². The van der Waals surface area contributed by atoms with Crippen LogP contribution in [-0.2, 0) is 16.0 Å². The topological polar surface area (TPSA) is 75.0 Å². The number of ether oxygens (including phenoxy) is 3. The van der Waals surface area contributed by atoms with Crippen molar-refractivity contribution in [2.24, 2.45) is 10.2 Å². The van der Waals surface area contributed by atoms with Crippen LogP contribution in [-0.4, -0.2) is 89.7 Å². The molecule has 33 heavy (non-hydrogen) atoms. The van der Waals surface area contributed by atoms with Crippen LogP contribution in [0.25, 0.3) is 0 Å². The molecule has 2 fully saturated rings. The summed E-state index contributed by atoms with van der Waals surface area (Å²) < 4.78 is 16.9. The Morgan fingerprint density at radius 2 is 1.76 bits per heavy atom. The lowest BCUT2D eigenvalue weighted by Gasteiger charge is -2.29. The molecule has 2 aliphatic heterocycles. The van der Waals surface area contributed by atoms with E-state index in [2.05, 4.69) is 48.1 Å². The summed E-state index contributed by atoms with van der Waals surface area (Å²) in [6.07, 6.45) is 0. The van der Waals surface area contributed by atoms with Crippen molar-refractivity contribution in [3.8, 4) is 5.88 Å². The van der Waals surface area contributed by atoms with Gasteiger partial charge in [0.15, 0.2) is 5.82 Å². The summed E-state index contributed by atoms with van der Waals surface area (Å²) in [4.78, 5) is 11.3. The van der Waals surface area contributed by atoms with Gasteiger partial charge in [-0.25, -0.2) is 0 Å². The van der Waals surface area contributed by atoms with Gasteiger partial charge in [0, 0.05) is 70.3 Å². The van der Waals surface area contributed by atoms with Crippen molar-refractivity contribution in [1.82, 2.24) is 9.88 Å². The summed E-state index contributed by atoms with van der Waals surface area (Å²) in [7, 11) is 4.06. The molecule has 0 radical (unpaired) electrons. The first-order chi connectivity index (χ1) is 16.2.